The molecular weight excluding hydrogens is 182 g/mol. The third-order valence-electron chi connectivity index (χ3n) is 1.77. The molecule has 0 aromatic heterocycles. The van der Waals surface area contributed by atoms with Gasteiger partial charge in [0.05, 0.1) is 0 Å². The van der Waals surface area contributed by atoms with E-state index in [1.165, 1.54) is 18.2 Å². The van der Waals surface area contributed by atoms with Crippen LogP contribution in [0.4, 0.5) is 0 Å². The summed E-state index contributed by atoms with van der Waals surface area (Å²) < 4.78 is 0. The molecule has 0 unspecified atom stereocenters. The minimum Gasteiger partial charge on any atom is -0.504 e. The standard InChI is InChI=1S/C10H11NO3/c1-6(10(11)14)4-7-2-3-8(12)9(13)5-7/h2-5,12-13H,1H3,(H2,11,14)/b6-4+. The molecule has 4 nitrogen and oxygen atoms in total. The fourth-order valence-corrected chi connectivity index (χ4v) is 0.951. The van der Waals surface area contributed by atoms with Crippen LogP contribution in [-0.4, -0.2) is 16.1 Å². The highest BCUT2D eigenvalue weighted by Gasteiger charge is 2.01. The first-order chi connectivity index (χ1) is 6.50. The first-order valence-corrected chi connectivity index (χ1v) is 4.01. The lowest BCUT2D eigenvalue weighted by Crippen LogP contribution is -2.11. The summed E-state index contributed by atoms with van der Waals surface area (Å²) in [5.41, 5.74) is 6.02. The molecule has 0 bridgehead atoms. The molecule has 0 atom stereocenters. The van der Waals surface area contributed by atoms with Crippen molar-refractivity contribution in [1.29, 1.82) is 0 Å². The predicted octanol–water partition coefficient (Wildman–Crippen LogP) is 0.986. The number of carbonyl (C=O) groups is 1. The highest BCUT2D eigenvalue weighted by Crippen LogP contribution is 2.25. The molecule has 14 heavy (non-hydrogen) atoms. The van der Waals surface area contributed by atoms with Crippen molar-refractivity contribution in [1.82, 2.24) is 0 Å². The molecule has 0 spiro atoms. The minimum absolute atomic E-state index is 0.195. The fourth-order valence-electron chi connectivity index (χ4n) is 0.951. The average molecular weight is 193 g/mol. The molecule has 1 rings (SSSR count). The topological polar surface area (TPSA) is 83.6 Å². The van der Waals surface area contributed by atoms with E-state index in [1.807, 2.05) is 0 Å². The summed E-state index contributed by atoms with van der Waals surface area (Å²) >= 11 is 0. The van der Waals surface area contributed by atoms with Gasteiger partial charge in [-0.3, -0.25) is 4.79 Å². The second kappa shape index (κ2) is 3.83. The molecule has 0 saturated carbocycles. The molecule has 0 heterocycles. The van der Waals surface area contributed by atoms with E-state index in [0.29, 0.717) is 11.1 Å². The first kappa shape index (κ1) is 10.1. The monoisotopic (exact) mass is 193 g/mol. The van der Waals surface area contributed by atoms with Crippen molar-refractivity contribution >= 4 is 12.0 Å². The lowest BCUT2D eigenvalue weighted by atomic mass is 10.1. The number of phenolic OH excluding ortho intramolecular Hbond substituents is 2. The van der Waals surface area contributed by atoms with E-state index in [-0.39, 0.29) is 11.5 Å². The zero-order valence-electron chi connectivity index (χ0n) is 7.69. The lowest BCUT2D eigenvalue weighted by molar-refractivity contribution is -0.114. The second-order valence-electron chi connectivity index (χ2n) is 2.94. The first-order valence-electron chi connectivity index (χ1n) is 4.01. The fraction of sp³-hybridized carbons (Fsp3) is 0.100. The number of benzene rings is 1. The van der Waals surface area contributed by atoms with Crippen molar-refractivity contribution < 1.29 is 15.0 Å². The average Bonchev–Trinajstić information content (AvgIpc) is 2.11. The van der Waals surface area contributed by atoms with Crippen LogP contribution >= 0.6 is 0 Å². The van der Waals surface area contributed by atoms with Gasteiger partial charge < -0.3 is 15.9 Å². The number of rotatable bonds is 2. The molecule has 1 amide bonds. The van der Waals surface area contributed by atoms with Crippen molar-refractivity contribution in [2.75, 3.05) is 0 Å². The van der Waals surface area contributed by atoms with E-state index in [4.69, 9.17) is 15.9 Å². The maximum Gasteiger partial charge on any atom is 0.244 e. The zero-order valence-corrected chi connectivity index (χ0v) is 7.69. The largest absolute Gasteiger partial charge is 0.504 e. The smallest absolute Gasteiger partial charge is 0.244 e. The maximum absolute atomic E-state index is 10.7. The van der Waals surface area contributed by atoms with Crippen LogP contribution in [0.1, 0.15) is 12.5 Å². The Kier molecular flexibility index (Phi) is 2.76. The summed E-state index contributed by atoms with van der Waals surface area (Å²) in [6.07, 6.45) is 1.53. The van der Waals surface area contributed by atoms with Crippen LogP contribution < -0.4 is 5.73 Å². The molecule has 0 aliphatic rings. The molecule has 0 fully saturated rings. The lowest BCUT2D eigenvalue weighted by Gasteiger charge is -1.99. The molecular formula is C10H11NO3. The highest BCUT2D eigenvalue weighted by molar-refractivity contribution is 5.96. The van der Waals surface area contributed by atoms with Gasteiger partial charge in [0, 0.05) is 5.57 Å². The maximum atomic E-state index is 10.7. The number of primary amides is 1. The number of aromatic hydroxyl groups is 2. The summed E-state index contributed by atoms with van der Waals surface area (Å²) in [5, 5.41) is 18.2. The van der Waals surface area contributed by atoms with Gasteiger partial charge in [0.15, 0.2) is 11.5 Å². The van der Waals surface area contributed by atoms with Gasteiger partial charge >= 0.3 is 0 Å². The van der Waals surface area contributed by atoms with E-state index < -0.39 is 5.91 Å². The van der Waals surface area contributed by atoms with Crippen LogP contribution in [0, 0.1) is 0 Å². The number of phenols is 2. The SMILES string of the molecule is C/C(=C\c1ccc(O)c(O)c1)C(N)=O. The van der Waals surface area contributed by atoms with E-state index in [0.717, 1.165) is 0 Å². The van der Waals surface area contributed by atoms with E-state index in [2.05, 4.69) is 0 Å². The van der Waals surface area contributed by atoms with Gasteiger partial charge in [0.25, 0.3) is 0 Å². The number of hydrogen-bond acceptors (Lipinski definition) is 3. The molecule has 0 aliphatic carbocycles. The van der Waals surface area contributed by atoms with Crippen LogP contribution in [0.3, 0.4) is 0 Å². The number of amides is 1. The molecule has 4 heteroatoms. The van der Waals surface area contributed by atoms with Crippen molar-refractivity contribution in [3.8, 4) is 11.5 Å². The molecule has 4 N–H and O–H groups in total. The number of carbonyl (C=O) groups excluding carboxylic acids is 1. The Morgan fingerprint density at radius 2 is 2.00 bits per heavy atom. The predicted molar refractivity (Wildman–Crippen MR) is 52.6 cm³/mol. The second-order valence-corrected chi connectivity index (χ2v) is 2.94. The van der Waals surface area contributed by atoms with E-state index >= 15 is 0 Å². The Hall–Kier alpha value is -1.97. The summed E-state index contributed by atoms with van der Waals surface area (Å²) in [5.74, 6) is -0.938. The molecule has 0 radical (unpaired) electrons. The third kappa shape index (κ3) is 2.26. The Balaban J connectivity index is 3.04. The van der Waals surface area contributed by atoms with Crippen molar-refractivity contribution in [3.63, 3.8) is 0 Å². The summed E-state index contributed by atoms with van der Waals surface area (Å²) in [6, 6.07) is 4.26. The Morgan fingerprint density at radius 1 is 1.36 bits per heavy atom. The number of nitrogens with two attached hydrogens (primary N) is 1. The summed E-state index contributed by atoms with van der Waals surface area (Å²) in [4.78, 5) is 10.7. The van der Waals surface area contributed by atoms with Gasteiger partial charge in [0.1, 0.15) is 0 Å². The van der Waals surface area contributed by atoms with Gasteiger partial charge in [-0.2, -0.15) is 0 Å². The van der Waals surface area contributed by atoms with E-state index in [9.17, 15) is 4.79 Å². The quantitative estimate of drug-likeness (QED) is 0.483. The van der Waals surface area contributed by atoms with Crippen LogP contribution in [0.15, 0.2) is 23.8 Å². The highest BCUT2D eigenvalue weighted by atomic mass is 16.3. The molecule has 1 aromatic rings. The molecule has 0 saturated heterocycles. The van der Waals surface area contributed by atoms with Crippen LogP contribution in [0.25, 0.3) is 6.08 Å². The van der Waals surface area contributed by atoms with Gasteiger partial charge in [-0.15, -0.1) is 0 Å². The van der Waals surface area contributed by atoms with Crippen LogP contribution in [0.2, 0.25) is 0 Å². The van der Waals surface area contributed by atoms with Crippen LogP contribution in [0.5, 0.6) is 11.5 Å². The summed E-state index contributed by atoms with van der Waals surface area (Å²) in [6.45, 7) is 1.58. The van der Waals surface area contributed by atoms with E-state index in [1.54, 1.807) is 13.0 Å². The van der Waals surface area contributed by atoms with Crippen molar-refractivity contribution in [2.24, 2.45) is 5.73 Å². The van der Waals surface area contributed by atoms with Gasteiger partial charge in [-0.1, -0.05) is 6.07 Å². The molecule has 74 valence electrons. The van der Waals surface area contributed by atoms with Gasteiger partial charge in [-0.25, -0.2) is 0 Å². The van der Waals surface area contributed by atoms with Crippen molar-refractivity contribution in [2.45, 2.75) is 6.92 Å². The van der Waals surface area contributed by atoms with Gasteiger partial charge in [0.2, 0.25) is 5.91 Å². The zero-order chi connectivity index (χ0) is 10.7. The Bertz CT molecular complexity index is 396. The van der Waals surface area contributed by atoms with Crippen LogP contribution in [-0.2, 0) is 4.79 Å². The number of hydrogen-bond donors (Lipinski definition) is 3. The Labute approximate surface area is 81.3 Å². The Morgan fingerprint density at radius 3 is 2.50 bits per heavy atom. The normalized spacial score (nSPS) is 11.4. The third-order valence-corrected chi connectivity index (χ3v) is 1.77. The van der Waals surface area contributed by atoms with Gasteiger partial charge in [-0.05, 0) is 30.7 Å². The molecule has 0 aliphatic heterocycles. The van der Waals surface area contributed by atoms with Crippen molar-refractivity contribution in [3.05, 3.63) is 29.3 Å². The minimum atomic E-state index is -0.516. The molecule has 1 aromatic carbocycles. The summed E-state index contributed by atoms with van der Waals surface area (Å²) in [7, 11) is 0.